The second kappa shape index (κ2) is 4.80. The third-order valence-electron chi connectivity index (χ3n) is 3.84. The third kappa shape index (κ3) is 2.13. The van der Waals surface area contributed by atoms with E-state index in [1.54, 1.807) is 12.1 Å². The molecule has 0 saturated heterocycles. The highest BCUT2D eigenvalue weighted by Gasteiger charge is 2.58. The smallest absolute Gasteiger partial charge is 0.160 e. The van der Waals surface area contributed by atoms with Crippen LogP contribution in [-0.2, 0) is 6.42 Å². The van der Waals surface area contributed by atoms with Gasteiger partial charge in [0.15, 0.2) is 0 Å². The summed E-state index contributed by atoms with van der Waals surface area (Å²) in [5, 5.41) is 0. The van der Waals surface area contributed by atoms with E-state index in [-0.39, 0.29) is 5.92 Å². The fourth-order valence-corrected chi connectivity index (χ4v) is 7.16. The molecule has 20 heavy (non-hydrogen) atoms. The summed E-state index contributed by atoms with van der Waals surface area (Å²) in [4.78, 5) is 1.03. The summed E-state index contributed by atoms with van der Waals surface area (Å²) >= 11 is 3.15. The number of hydrogen-bond donors (Lipinski definition) is 0. The Hall–Kier alpha value is -0.420. The maximum Gasteiger partial charge on any atom is 0.442 e. The van der Waals surface area contributed by atoms with E-state index >= 15 is 0 Å². The van der Waals surface area contributed by atoms with Crippen molar-refractivity contribution in [3.63, 3.8) is 0 Å². The van der Waals surface area contributed by atoms with Crippen LogP contribution in [0.25, 0.3) is 6.08 Å². The molecule has 1 unspecified atom stereocenters. The number of aryl methyl sites for hydroxylation is 1. The van der Waals surface area contributed by atoms with Crippen LogP contribution in [0, 0.1) is 5.92 Å². The lowest BCUT2D eigenvalue weighted by atomic mass is 10.1. The lowest BCUT2D eigenvalue weighted by molar-refractivity contribution is -0.0356. The van der Waals surface area contributed by atoms with Gasteiger partial charge in [0.1, 0.15) is 0 Å². The fraction of sp³-hybridized carbons (Fsp3) is 0.467. The molecular formula is C15H16BrF3S. The Balaban J connectivity index is 2.12. The third-order valence-corrected chi connectivity index (χ3v) is 9.81. The van der Waals surface area contributed by atoms with E-state index in [4.69, 9.17) is 0 Å². The van der Waals surface area contributed by atoms with E-state index in [2.05, 4.69) is 14.8 Å². The molecule has 0 radical (unpaired) electrons. The number of fused-ring (bicyclic) bond motifs is 1. The first-order chi connectivity index (χ1) is 9.38. The molecule has 1 atom stereocenters. The Morgan fingerprint density at radius 1 is 1.30 bits per heavy atom. The molecule has 1 aromatic carbocycles. The van der Waals surface area contributed by atoms with Crippen molar-refractivity contribution in [2.24, 2.45) is 5.92 Å². The molecule has 110 valence electrons. The molecule has 0 spiro atoms. The molecule has 1 aromatic rings. The largest absolute Gasteiger partial charge is 0.442 e. The van der Waals surface area contributed by atoms with Crippen molar-refractivity contribution in [1.29, 1.82) is 0 Å². The minimum atomic E-state index is -4.22. The van der Waals surface area contributed by atoms with Gasteiger partial charge in [-0.2, -0.15) is 13.2 Å². The Morgan fingerprint density at radius 2 is 2.00 bits per heavy atom. The van der Waals surface area contributed by atoms with Gasteiger partial charge in [-0.25, -0.2) is 0 Å². The summed E-state index contributed by atoms with van der Waals surface area (Å²) in [7, 11) is -3.02. The lowest BCUT2D eigenvalue weighted by Crippen LogP contribution is -2.16. The van der Waals surface area contributed by atoms with Crippen molar-refractivity contribution in [2.45, 2.75) is 43.0 Å². The number of benzene rings is 1. The van der Waals surface area contributed by atoms with Gasteiger partial charge in [0.2, 0.25) is 0 Å². The normalized spacial score (nSPS) is 28.8. The predicted octanol–water partition coefficient (Wildman–Crippen LogP) is 6.40. The number of alkyl halides is 3. The standard InChI is InChI=1S/C15H16BrF3S/c1-2-3-10-4-5-12-9-14(11-6-7-11)20(16,13(12)8-10)15(17,18)19/h4-5,8-9,11H,2-3,6-7H2,1H3. The monoisotopic (exact) mass is 364 g/mol. The molecule has 1 aliphatic carbocycles. The summed E-state index contributed by atoms with van der Waals surface area (Å²) in [6, 6.07) is 5.57. The van der Waals surface area contributed by atoms with Gasteiger partial charge in [-0.1, -0.05) is 25.5 Å². The number of rotatable bonds is 3. The minimum absolute atomic E-state index is 0.119. The van der Waals surface area contributed by atoms with Gasteiger partial charge in [0.05, 0.1) is 0 Å². The second-order valence-corrected chi connectivity index (χ2v) is 10.8. The summed E-state index contributed by atoms with van der Waals surface area (Å²) in [6.07, 6.45) is 5.32. The van der Waals surface area contributed by atoms with Crippen LogP contribution in [0.3, 0.4) is 0 Å². The summed E-state index contributed by atoms with van der Waals surface area (Å²) in [5.41, 5.74) is -2.48. The average molecular weight is 365 g/mol. The zero-order valence-corrected chi connectivity index (χ0v) is 13.5. The van der Waals surface area contributed by atoms with E-state index in [0.29, 0.717) is 9.80 Å². The second-order valence-electron chi connectivity index (χ2n) is 5.43. The molecule has 1 saturated carbocycles. The Bertz CT molecular complexity index is 575. The van der Waals surface area contributed by atoms with Gasteiger partial charge in [0.25, 0.3) is 0 Å². The van der Waals surface area contributed by atoms with Crippen molar-refractivity contribution < 1.29 is 13.2 Å². The van der Waals surface area contributed by atoms with Crippen LogP contribution in [0.15, 0.2) is 28.0 Å². The molecule has 0 N–H and O–H groups in total. The Kier molecular flexibility index (Phi) is 3.49. The van der Waals surface area contributed by atoms with Crippen molar-refractivity contribution in [3.8, 4) is 0 Å². The molecular weight excluding hydrogens is 349 g/mol. The van der Waals surface area contributed by atoms with Crippen LogP contribution in [0.4, 0.5) is 13.2 Å². The lowest BCUT2D eigenvalue weighted by Gasteiger charge is -2.35. The predicted molar refractivity (Wildman–Crippen MR) is 82.0 cm³/mol. The summed E-state index contributed by atoms with van der Waals surface area (Å²) < 4.78 is 41.2. The van der Waals surface area contributed by atoms with Crippen molar-refractivity contribution >= 4 is 29.4 Å². The zero-order chi connectivity index (χ0) is 14.5. The maximum atomic E-state index is 13.7. The van der Waals surface area contributed by atoms with Crippen LogP contribution in [0.1, 0.15) is 37.3 Å². The van der Waals surface area contributed by atoms with Gasteiger partial charge in [-0.3, -0.25) is 0 Å². The topological polar surface area (TPSA) is 0 Å². The first-order valence-corrected chi connectivity index (χ1v) is 10.3. The highest BCUT2D eigenvalue weighted by Crippen LogP contribution is 2.83. The molecule has 1 fully saturated rings. The van der Waals surface area contributed by atoms with Gasteiger partial charge in [-0.15, -0.1) is 0 Å². The molecule has 1 heterocycles. The fourth-order valence-electron chi connectivity index (χ4n) is 2.72. The molecule has 1 aliphatic heterocycles. The highest BCUT2D eigenvalue weighted by atomic mass is 79.9. The van der Waals surface area contributed by atoms with E-state index in [0.717, 1.165) is 36.8 Å². The maximum absolute atomic E-state index is 13.7. The molecule has 0 nitrogen and oxygen atoms in total. The minimum Gasteiger partial charge on any atom is -0.160 e. The van der Waals surface area contributed by atoms with Crippen LogP contribution in [0.5, 0.6) is 0 Å². The SMILES string of the molecule is CCCc1ccc2c(c1)S(Br)(C(F)(F)F)C(C1CC1)=C2. The Labute approximate surface area is 126 Å². The van der Waals surface area contributed by atoms with Crippen molar-refractivity contribution in [2.75, 3.05) is 0 Å². The average Bonchev–Trinajstić information content (AvgIpc) is 3.15. The van der Waals surface area contributed by atoms with Gasteiger partial charge in [-0.05, 0) is 76.6 Å². The quantitative estimate of drug-likeness (QED) is 0.582. The summed E-state index contributed by atoms with van der Waals surface area (Å²) in [6.45, 7) is 2.04. The molecule has 2 aliphatic rings. The van der Waals surface area contributed by atoms with E-state index < -0.39 is 14.0 Å². The molecule has 5 heteroatoms. The first kappa shape index (κ1) is 14.5. The van der Waals surface area contributed by atoms with Crippen molar-refractivity contribution in [1.82, 2.24) is 0 Å². The molecule has 0 amide bonds. The van der Waals surface area contributed by atoms with Gasteiger partial charge >= 0.3 is 5.51 Å². The number of hydrogen-bond acceptors (Lipinski definition) is 0. The van der Waals surface area contributed by atoms with Crippen molar-refractivity contribution in [3.05, 3.63) is 34.2 Å². The Morgan fingerprint density at radius 3 is 2.55 bits per heavy atom. The first-order valence-electron chi connectivity index (χ1n) is 6.81. The van der Waals surface area contributed by atoms with E-state index in [1.807, 2.05) is 19.1 Å². The van der Waals surface area contributed by atoms with Gasteiger partial charge in [0, 0.05) is 4.90 Å². The number of allylic oxidation sites excluding steroid dienone is 1. The van der Waals surface area contributed by atoms with Crippen LogP contribution in [0.2, 0.25) is 0 Å². The highest BCUT2D eigenvalue weighted by molar-refractivity contribution is 9.59. The summed E-state index contributed by atoms with van der Waals surface area (Å²) in [5.74, 6) is 0.119. The molecule has 3 rings (SSSR count). The number of halogens is 4. The zero-order valence-electron chi connectivity index (χ0n) is 11.1. The van der Waals surface area contributed by atoms with E-state index in [9.17, 15) is 13.2 Å². The van der Waals surface area contributed by atoms with Gasteiger partial charge < -0.3 is 0 Å². The molecule has 0 bridgehead atoms. The van der Waals surface area contributed by atoms with Crippen LogP contribution >= 0.6 is 23.3 Å². The molecule has 0 aromatic heterocycles. The van der Waals surface area contributed by atoms with E-state index in [1.165, 1.54) is 0 Å². The van der Waals surface area contributed by atoms with Crippen LogP contribution in [-0.4, -0.2) is 5.51 Å². The van der Waals surface area contributed by atoms with Crippen LogP contribution < -0.4 is 0 Å².